The lowest BCUT2D eigenvalue weighted by Gasteiger charge is -2.60. The number of fused-ring (bicyclic) bond motifs is 5. The zero-order valence-electron chi connectivity index (χ0n) is 16.1. The van der Waals surface area contributed by atoms with Gasteiger partial charge in [-0.2, -0.15) is 0 Å². The molecule has 24 heavy (non-hydrogen) atoms. The van der Waals surface area contributed by atoms with Gasteiger partial charge in [-0.1, -0.05) is 27.2 Å². The summed E-state index contributed by atoms with van der Waals surface area (Å²) in [6, 6.07) is 0. The molecule has 0 amide bonds. The molecule has 1 N–H and O–H groups in total. The van der Waals surface area contributed by atoms with Gasteiger partial charge in [0, 0.05) is 12.3 Å². The Morgan fingerprint density at radius 1 is 1.08 bits per heavy atom. The number of ketones is 1. The number of hydrogen-bond acceptors (Lipinski definition) is 2. The van der Waals surface area contributed by atoms with Crippen molar-refractivity contribution < 1.29 is 9.90 Å². The third-order valence-corrected chi connectivity index (χ3v) is 9.27. The summed E-state index contributed by atoms with van der Waals surface area (Å²) >= 11 is 0. The summed E-state index contributed by atoms with van der Waals surface area (Å²) in [5, 5.41) is 10.3. The van der Waals surface area contributed by atoms with E-state index in [1.165, 1.54) is 38.5 Å². The number of carbonyl (C=O) groups excluding carboxylic acids is 1. The molecule has 4 fully saturated rings. The van der Waals surface area contributed by atoms with Gasteiger partial charge in [-0.05, 0) is 85.9 Å². The normalized spacial score (nSPS) is 55.5. The predicted octanol–water partition coefficient (Wildman–Crippen LogP) is 4.84. The molecule has 0 aromatic rings. The second-order valence-electron chi connectivity index (χ2n) is 10.5. The Hall–Kier alpha value is -0.370. The van der Waals surface area contributed by atoms with Crippen LogP contribution in [0.1, 0.15) is 79.1 Å². The topological polar surface area (TPSA) is 37.3 Å². The molecular weight excluding hydrogens is 296 g/mol. The van der Waals surface area contributed by atoms with Crippen LogP contribution in [0.5, 0.6) is 0 Å². The van der Waals surface area contributed by atoms with E-state index in [2.05, 4.69) is 20.8 Å². The number of Topliss-reactive ketones (excluding diaryl/α,β-unsaturated/α-hetero) is 1. The maximum Gasteiger partial charge on any atom is 0.137 e. The Balaban J connectivity index is 1.67. The van der Waals surface area contributed by atoms with Crippen molar-refractivity contribution in [1.29, 1.82) is 0 Å². The van der Waals surface area contributed by atoms with E-state index in [9.17, 15) is 9.90 Å². The quantitative estimate of drug-likeness (QED) is 0.746. The second kappa shape index (κ2) is 5.56. The summed E-state index contributed by atoms with van der Waals surface area (Å²) in [6.07, 6.45) is 9.31. The van der Waals surface area contributed by atoms with Crippen LogP contribution >= 0.6 is 0 Å². The van der Waals surface area contributed by atoms with E-state index in [-0.39, 0.29) is 16.9 Å². The highest BCUT2D eigenvalue weighted by atomic mass is 16.3. The SMILES string of the molecule is CC1CCC2(C)C(CCC3C4CCC(C(C)O)C4(C)CC(=O)C32)C1. The summed E-state index contributed by atoms with van der Waals surface area (Å²) in [6.45, 7) is 9.13. The van der Waals surface area contributed by atoms with Crippen molar-refractivity contribution in [2.45, 2.75) is 85.2 Å². The molecule has 0 aliphatic heterocycles. The lowest BCUT2D eigenvalue weighted by atomic mass is 9.44. The van der Waals surface area contributed by atoms with Gasteiger partial charge in [0.25, 0.3) is 0 Å². The molecular formula is C22H36O2. The summed E-state index contributed by atoms with van der Waals surface area (Å²) in [5.41, 5.74) is 0.314. The van der Waals surface area contributed by atoms with E-state index in [0.29, 0.717) is 29.5 Å². The van der Waals surface area contributed by atoms with Gasteiger partial charge in [-0.15, -0.1) is 0 Å². The fraction of sp³-hybridized carbons (Fsp3) is 0.955. The molecule has 4 saturated carbocycles. The monoisotopic (exact) mass is 332 g/mol. The average Bonchev–Trinajstić information content (AvgIpc) is 2.84. The van der Waals surface area contributed by atoms with Crippen molar-refractivity contribution >= 4 is 5.78 Å². The van der Waals surface area contributed by atoms with Crippen LogP contribution in [-0.2, 0) is 4.79 Å². The van der Waals surface area contributed by atoms with Crippen LogP contribution in [0.4, 0.5) is 0 Å². The van der Waals surface area contributed by atoms with Crippen LogP contribution in [0.15, 0.2) is 0 Å². The first-order valence-electron chi connectivity index (χ1n) is 10.5. The van der Waals surface area contributed by atoms with E-state index in [4.69, 9.17) is 0 Å². The molecule has 0 bridgehead atoms. The molecule has 0 spiro atoms. The molecule has 0 heterocycles. The molecule has 0 aromatic carbocycles. The van der Waals surface area contributed by atoms with Crippen LogP contribution in [0, 0.1) is 46.3 Å². The molecule has 0 saturated heterocycles. The number of aliphatic hydroxyl groups excluding tert-OH is 1. The van der Waals surface area contributed by atoms with E-state index >= 15 is 0 Å². The molecule has 2 nitrogen and oxygen atoms in total. The highest BCUT2D eigenvalue weighted by Crippen LogP contribution is 2.67. The summed E-state index contributed by atoms with van der Waals surface area (Å²) < 4.78 is 0. The molecule has 4 aliphatic rings. The lowest BCUT2D eigenvalue weighted by molar-refractivity contribution is -0.160. The Labute approximate surface area is 147 Å². The summed E-state index contributed by atoms with van der Waals surface area (Å²) in [5.74, 6) is 4.05. The van der Waals surface area contributed by atoms with Crippen molar-refractivity contribution in [2.24, 2.45) is 46.3 Å². The minimum absolute atomic E-state index is 0.0531. The molecule has 4 rings (SSSR count). The first kappa shape index (κ1) is 17.1. The summed E-state index contributed by atoms with van der Waals surface area (Å²) in [7, 11) is 0. The van der Waals surface area contributed by atoms with Gasteiger partial charge in [0.2, 0.25) is 0 Å². The Morgan fingerprint density at radius 2 is 1.83 bits per heavy atom. The van der Waals surface area contributed by atoms with E-state index in [1.54, 1.807) is 0 Å². The van der Waals surface area contributed by atoms with Gasteiger partial charge in [-0.3, -0.25) is 4.79 Å². The van der Waals surface area contributed by atoms with Crippen LogP contribution in [0.25, 0.3) is 0 Å². The molecule has 2 heteroatoms. The second-order valence-corrected chi connectivity index (χ2v) is 10.5. The van der Waals surface area contributed by atoms with Crippen molar-refractivity contribution in [3.05, 3.63) is 0 Å². The highest BCUT2D eigenvalue weighted by Gasteiger charge is 2.63. The number of hydrogen-bond donors (Lipinski definition) is 1. The molecule has 0 radical (unpaired) electrons. The van der Waals surface area contributed by atoms with Crippen molar-refractivity contribution in [2.75, 3.05) is 0 Å². The molecule has 9 atom stereocenters. The Morgan fingerprint density at radius 3 is 2.54 bits per heavy atom. The van der Waals surface area contributed by atoms with Crippen molar-refractivity contribution in [1.82, 2.24) is 0 Å². The molecule has 136 valence electrons. The standard InChI is InChI=1S/C22H36O2/c1-13-9-10-21(3)15(11-13)5-6-16-18-8-7-17(14(2)23)22(18,4)12-19(24)20(16)21/h13-18,20,23H,5-12H2,1-4H3. The van der Waals surface area contributed by atoms with Gasteiger partial charge in [0.15, 0.2) is 0 Å². The molecule has 9 unspecified atom stereocenters. The number of rotatable bonds is 1. The van der Waals surface area contributed by atoms with E-state index in [0.717, 1.165) is 24.7 Å². The maximum atomic E-state index is 13.4. The smallest absolute Gasteiger partial charge is 0.137 e. The lowest BCUT2D eigenvalue weighted by Crippen LogP contribution is -2.57. The van der Waals surface area contributed by atoms with Crippen molar-refractivity contribution in [3.63, 3.8) is 0 Å². The van der Waals surface area contributed by atoms with Crippen LogP contribution in [0.3, 0.4) is 0 Å². The zero-order valence-corrected chi connectivity index (χ0v) is 16.1. The third kappa shape index (κ3) is 2.20. The Kier molecular flexibility index (Phi) is 3.95. The maximum absolute atomic E-state index is 13.4. The van der Waals surface area contributed by atoms with Gasteiger partial charge in [0.05, 0.1) is 6.10 Å². The van der Waals surface area contributed by atoms with Crippen LogP contribution in [-0.4, -0.2) is 17.0 Å². The number of carbonyl (C=O) groups is 1. The zero-order chi connectivity index (χ0) is 17.3. The van der Waals surface area contributed by atoms with Gasteiger partial charge < -0.3 is 5.11 Å². The van der Waals surface area contributed by atoms with Gasteiger partial charge >= 0.3 is 0 Å². The van der Waals surface area contributed by atoms with Crippen LogP contribution in [0.2, 0.25) is 0 Å². The number of aliphatic hydroxyl groups is 1. The minimum atomic E-state index is -0.271. The fourth-order valence-electron chi connectivity index (χ4n) is 8.12. The van der Waals surface area contributed by atoms with Crippen molar-refractivity contribution in [3.8, 4) is 0 Å². The summed E-state index contributed by atoms with van der Waals surface area (Å²) in [4.78, 5) is 13.4. The fourth-order valence-corrected chi connectivity index (χ4v) is 8.12. The molecule has 4 aliphatic carbocycles. The predicted molar refractivity (Wildman–Crippen MR) is 96.5 cm³/mol. The third-order valence-electron chi connectivity index (χ3n) is 9.27. The average molecular weight is 333 g/mol. The van der Waals surface area contributed by atoms with E-state index < -0.39 is 0 Å². The van der Waals surface area contributed by atoms with Crippen LogP contribution < -0.4 is 0 Å². The highest BCUT2D eigenvalue weighted by molar-refractivity contribution is 5.84. The van der Waals surface area contributed by atoms with E-state index in [1.807, 2.05) is 6.92 Å². The Bertz CT molecular complexity index is 526. The van der Waals surface area contributed by atoms with Gasteiger partial charge in [-0.25, -0.2) is 0 Å². The largest absolute Gasteiger partial charge is 0.393 e. The minimum Gasteiger partial charge on any atom is -0.393 e. The first-order chi connectivity index (χ1) is 11.3. The molecule has 0 aromatic heterocycles. The van der Waals surface area contributed by atoms with Gasteiger partial charge in [0.1, 0.15) is 5.78 Å². The first-order valence-corrected chi connectivity index (χ1v) is 10.5.